The van der Waals surface area contributed by atoms with Gasteiger partial charge in [-0.3, -0.25) is 9.59 Å². The van der Waals surface area contributed by atoms with Crippen molar-refractivity contribution >= 4 is 40.4 Å². The summed E-state index contributed by atoms with van der Waals surface area (Å²) in [7, 11) is 5.90. The molecule has 0 aliphatic carbocycles. The van der Waals surface area contributed by atoms with E-state index in [9.17, 15) is 63.5 Å². The van der Waals surface area contributed by atoms with Gasteiger partial charge < -0.3 is 46.9 Å². The molecule has 10 aromatic rings. The number of pyridine rings is 1. The number of aromatic amines is 1. The van der Waals surface area contributed by atoms with Crippen LogP contribution in [0, 0.1) is 87.9 Å². The lowest BCUT2D eigenvalue weighted by molar-refractivity contribution is 0.0768. The van der Waals surface area contributed by atoms with Crippen molar-refractivity contribution in [3.63, 3.8) is 0 Å². The molecule has 29 heteroatoms. The highest BCUT2D eigenvalue weighted by Gasteiger charge is 2.23. The van der Waals surface area contributed by atoms with Crippen LogP contribution in [0.25, 0.3) is 22.2 Å². The van der Waals surface area contributed by atoms with E-state index in [2.05, 4.69) is 50.6 Å². The molecule has 96 heavy (non-hydrogen) atoms. The number of nitrogens with two attached hydrogens (primary N) is 2. The lowest BCUT2D eigenvalue weighted by atomic mass is 10.0. The van der Waals surface area contributed by atoms with Gasteiger partial charge in [-0.15, -0.1) is 0 Å². The molecule has 0 aliphatic rings. The Morgan fingerprint density at radius 2 is 1.02 bits per heavy atom. The first-order chi connectivity index (χ1) is 45.8. The van der Waals surface area contributed by atoms with E-state index in [4.69, 9.17) is 16.7 Å². The molecule has 3 amide bonds. The fraction of sp³-hybridized carbons (Fsp3) is 0.164. The Kier molecular flexibility index (Phi) is 26.9. The first-order valence-corrected chi connectivity index (χ1v) is 28.3. The first-order valence-electron chi connectivity index (χ1n) is 28.3. The number of aromatic nitrogens is 6. The number of carbonyl (C=O) groups is 3. The lowest BCUT2D eigenvalue weighted by Gasteiger charge is -2.19. The molecule has 10 rings (SSSR count). The zero-order chi connectivity index (χ0) is 70.2. The summed E-state index contributed by atoms with van der Waals surface area (Å²) < 4.78 is 132. The van der Waals surface area contributed by atoms with Crippen molar-refractivity contribution in [3.05, 3.63) is 266 Å². The second kappa shape index (κ2) is 35.3. The highest BCUT2D eigenvalue weighted by Crippen LogP contribution is 2.27. The molecule has 0 saturated heterocycles. The highest BCUT2D eigenvalue weighted by atomic mass is 19.2. The van der Waals surface area contributed by atoms with Gasteiger partial charge in [-0.05, 0) is 119 Å². The van der Waals surface area contributed by atoms with E-state index >= 15 is 0 Å². The molecular weight excluding hydrogens is 1270 g/mol. The maximum absolute atomic E-state index is 14.0. The van der Waals surface area contributed by atoms with Crippen molar-refractivity contribution in [3.8, 4) is 23.3 Å². The SMILES string of the molecule is CN(Cc1ccc(F)c(F)c1)C(=O)c1nc(C#N)cnc1F.CNCc1ccc(F)c(F)c1.COC(=O)NCc1ccc(F)c(F)c1.Cc1ccc(CN(C)C(=O)c2nc(C#N)cnc2NCc2ccc(-c3cnc4[nH]cc(N)c4c3)cc2)cc1F.NCc1ccc(F)c(F)c1. The van der Waals surface area contributed by atoms with Crippen LogP contribution in [0.3, 0.4) is 0 Å². The predicted octanol–water partition coefficient (Wildman–Crippen LogP) is 11.8. The maximum Gasteiger partial charge on any atom is 0.407 e. The maximum atomic E-state index is 14.0. The Morgan fingerprint density at radius 1 is 0.552 bits per heavy atom. The van der Waals surface area contributed by atoms with Crippen molar-refractivity contribution in [1.29, 1.82) is 10.5 Å². The number of anilines is 2. The number of ether oxygens (including phenoxy) is 1. The van der Waals surface area contributed by atoms with Crippen LogP contribution in [0.5, 0.6) is 0 Å². The number of rotatable bonds is 15. The number of methoxy groups -OCH3 is 1. The zero-order valence-electron chi connectivity index (χ0n) is 51.7. The van der Waals surface area contributed by atoms with Gasteiger partial charge in [-0.1, -0.05) is 60.7 Å². The number of halogens is 10. The van der Waals surface area contributed by atoms with Crippen LogP contribution in [-0.4, -0.2) is 85.9 Å². The van der Waals surface area contributed by atoms with Gasteiger partial charge >= 0.3 is 6.09 Å². The lowest BCUT2D eigenvalue weighted by Crippen LogP contribution is -2.28. The molecule has 0 radical (unpaired) electrons. The molecule has 4 heterocycles. The average Bonchev–Trinajstić information content (AvgIpc) is 1.42. The fourth-order valence-corrected chi connectivity index (χ4v) is 8.31. The molecule has 0 saturated carbocycles. The molecular formula is C67H59F10N15O4. The molecule has 0 atom stereocenters. The van der Waals surface area contributed by atoms with Crippen molar-refractivity contribution in [2.24, 2.45) is 5.73 Å². The third kappa shape index (κ3) is 21.1. The number of H-pyrrole nitrogens is 1. The molecule has 0 spiro atoms. The molecule has 0 fully saturated rings. The van der Waals surface area contributed by atoms with E-state index in [1.807, 2.05) is 36.4 Å². The summed E-state index contributed by atoms with van der Waals surface area (Å²) in [6.45, 7) is 3.02. The van der Waals surface area contributed by atoms with Crippen LogP contribution < -0.4 is 27.4 Å². The summed E-state index contributed by atoms with van der Waals surface area (Å²) in [5.74, 6) is -9.63. The van der Waals surface area contributed by atoms with Gasteiger partial charge in [0.25, 0.3) is 11.8 Å². The Morgan fingerprint density at radius 3 is 1.54 bits per heavy atom. The minimum absolute atomic E-state index is 0.0178. The number of benzene rings is 6. The number of aryl methyl sites for hydroxylation is 1. The second-order valence-electron chi connectivity index (χ2n) is 20.5. The first kappa shape index (κ1) is 73.2. The summed E-state index contributed by atoms with van der Waals surface area (Å²) in [5.41, 5.74) is 18.0. The van der Waals surface area contributed by atoms with E-state index < -0.39 is 76.1 Å². The summed E-state index contributed by atoms with van der Waals surface area (Å²) in [4.78, 5) is 61.2. The van der Waals surface area contributed by atoms with Gasteiger partial charge in [-0.2, -0.15) is 14.9 Å². The molecule has 4 aromatic heterocycles. The van der Waals surface area contributed by atoms with E-state index in [1.54, 1.807) is 57.7 Å². The Labute approximate surface area is 543 Å². The van der Waals surface area contributed by atoms with Gasteiger partial charge in [0.05, 0.1) is 25.2 Å². The Hall–Kier alpha value is -11.8. The van der Waals surface area contributed by atoms with E-state index in [0.717, 1.165) is 86.8 Å². The largest absolute Gasteiger partial charge is 0.453 e. The number of nitrogen functional groups attached to an aromatic ring is 1. The smallest absolute Gasteiger partial charge is 0.407 e. The Bertz CT molecular complexity index is 4460. The Balaban J connectivity index is 0.000000214. The monoisotopic (exact) mass is 1330 g/mol. The summed E-state index contributed by atoms with van der Waals surface area (Å²) in [6.07, 6.45) is 5.11. The van der Waals surface area contributed by atoms with E-state index in [-0.39, 0.29) is 54.9 Å². The number of fused-ring (bicyclic) bond motifs is 1. The third-order valence-corrected chi connectivity index (χ3v) is 13.4. The number of alkyl carbamates (subject to hydrolysis) is 1. The summed E-state index contributed by atoms with van der Waals surface area (Å²) in [6, 6.07) is 32.3. The zero-order valence-corrected chi connectivity index (χ0v) is 51.7. The van der Waals surface area contributed by atoms with Crippen LogP contribution in [0.15, 0.2) is 146 Å². The summed E-state index contributed by atoms with van der Waals surface area (Å²) in [5, 5.41) is 27.2. The number of nitrogens with zero attached hydrogens (tertiary/aromatic N) is 9. The minimum atomic E-state index is -1.11. The van der Waals surface area contributed by atoms with Gasteiger partial charge in [0.2, 0.25) is 5.95 Å². The molecule has 0 unspecified atom stereocenters. The highest BCUT2D eigenvalue weighted by molar-refractivity contribution is 5.97. The normalized spacial score (nSPS) is 10.3. The van der Waals surface area contributed by atoms with Crippen LogP contribution in [-0.2, 0) is 44.0 Å². The fourth-order valence-electron chi connectivity index (χ4n) is 8.31. The van der Waals surface area contributed by atoms with Crippen molar-refractivity contribution in [1.82, 2.24) is 50.3 Å². The standard InChI is InChI=1S/C29H25FN8O.C14H9F3N4O.C9H9F2NO2.C8H9F2N.C7H7F2N/c1-17-3-4-19(9-24(17)30)16-38(2)29(39)26-28(35-14-22(11-31)37-26)33-12-18-5-7-20(8-6-18)21-10-23-25(32)15-36-27(23)34-13-21;1-21(7-8-2-3-10(15)11(16)4-8)14(22)12-13(17)19-6-9(5-18)20-12;1-14-9(13)12-5-6-2-3-7(10)8(11)4-6;1-11-5-6-2-3-7(9)8(10)4-6;8-6-2-1-5(4-10)3-7(6)9/h3-10,13-15H,12,16,32H2,1-2H3,(H,33,35)(H,34,36);2-4,6H,7H2,1H3;2-4H,5H2,1H3,(H,12,13);2-4,11H,5H2,1H3;1-3H,4,10H2. The number of hydrogen-bond donors (Lipinski definition) is 6. The second-order valence-corrected chi connectivity index (χ2v) is 20.5. The summed E-state index contributed by atoms with van der Waals surface area (Å²) >= 11 is 0. The van der Waals surface area contributed by atoms with Crippen LogP contribution >= 0.6 is 0 Å². The molecule has 8 N–H and O–H groups in total. The number of hydrogen-bond acceptors (Lipinski definition) is 15. The van der Waals surface area contributed by atoms with Gasteiger partial charge in [0, 0.05) is 76.7 Å². The van der Waals surface area contributed by atoms with Gasteiger partial charge in [-0.25, -0.2) is 69.2 Å². The van der Waals surface area contributed by atoms with Crippen LogP contribution in [0.1, 0.15) is 71.3 Å². The predicted molar refractivity (Wildman–Crippen MR) is 335 cm³/mol. The number of carbonyl (C=O) groups excluding carboxylic acids is 3. The molecule has 6 aromatic carbocycles. The van der Waals surface area contributed by atoms with Gasteiger partial charge in [0.1, 0.15) is 23.6 Å². The minimum Gasteiger partial charge on any atom is -0.453 e. The van der Waals surface area contributed by atoms with Crippen molar-refractivity contribution < 1.29 is 63.0 Å². The van der Waals surface area contributed by atoms with Gasteiger partial charge in [0.15, 0.2) is 75.1 Å². The van der Waals surface area contributed by atoms with Crippen LogP contribution in [0.4, 0.5) is 60.2 Å². The average molecular weight is 1330 g/mol. The van der Waals surface area contributed by atoms with Crippen LogP contribution in [0.2, 0.25) is 0 Å². The number of nitriles is 2. The molecule has 19 nitrogen and oxygen atoms in total. The third-order valence-electron chi connectivity index (χ3n) is 13.4. The molecule has 496 valence electrons. The van der Waals surface area contributed by atoms with Crippen molar-refractivity contribution in [2.45, 2.75) is 46.2 Å². The van der Waals surface area contributed by atoms with E-state index in [1.165, 1.54) is 55.6 Å². The van der Waals surface area contributed by atoms with E-state index in [0.29, 0.717) is 46.6 Å². The topological polar surface area (TPSA) is 283 Å². The molecule has 0 bridgehead atoms. The number of nitrogens with one attached hydrogen (secondary N) is 4. The van der Waals surface area contributed by atoms with Crippen molar-refractivity contribution in [2.75, 3.05) is 39.3 Å². The quantitative estimate of drug-likeness (QED) is 0.0520. The molecule has 0 aliphatic heterocycles. The number of amides is 3.